The van der Waals surface area contributed by atoms with E-state index >= 15 is 0 Å². The van der Waals surface area contributed by atoms with Gasteiger partial charge in [0, 0.05) is 24.5 Å². The van der Waals surface area contributed by atoms with E-state index in [2.05, 4.69) is 4.90 Å². The monoisotopic (exact) mass is 533 g/mol. The Hall–Kier alpha value is -3.66. The standard InChI is InChI=1S/C30H35N3O6/c1-32(2)14-15-5-7-16(8-6-15)18-9-10-22(34)24-19(18)11-17-12-21-25(33(3)4)26(35)20(29(31)38)13-30(21,39)28(37)23(17)27(24)36/h5-10,17,21,25,34-36,39H,11-14H2,1-4H3,(H2,31,38). The number of nitrogens with zero attached hydrogens (tertiary/aromatic N) is 2. The van der Waals surface area contributed by atoms with Crippen molar-refractivity contribution in [2.75, 3.05) is 28.2 Å². The largest absolute Gasteiger partial charge is 0.510 e. The highest BCUT2D eigenvalue weighted by Gasteiger charge is 2.60. The molecule has 0 spiro atoms. The number of Topliss-reactive ketones (excluding diaryl/α,β-unsaturated/α-hetero) is 1. The minimum atomic E-state index is -2.04. The van der Waals surface area contributed by atoms with Crippen LogP contribution in [0.25, 0.3) is 16.9 Å². The number of amides is 1. The Morgan fingerprint density at radius 2 is 1.72 bits per heavy atom. The van der Waals surface area contributed by atoms with Gasteiger partial charge in [-0.3, -0.25) is 14.5 Å². The lowest BCUT2D eigenvalue weighted by atomic mass is 9.57. The molecule has 0 aromatic heterocycles. The van der Waals surface area contributed by atoms with Crippen molar-refractivity contribution in [2.24, 2.45) is 17.6 Å². The number of primary amides is 1. The Balaban J connectivity index is 1.63. The van der Waals surface area contributed by atoms with Crippen LogP contribution in [0.2, 0.25) is 0 Å². The molecule has 0 heterocycles. The van der Waals surface area contributed by atoms with E-state index < -0.39 is 41.6 Å². The highest BCUT2D eigenvalue weighted by Crippen LogP contribution is 2.53. The molecule has 0 radical (unpaired) electrons. The number of hydrogen-bond donors (Lipinski definition) is 5. The molecule has 0 saturated heterocycles. The Labute approximate surface area is 227 Å². The summed E-state index contributed by atoms with van der Waals surface area (Å²) in [7, 11) is 7.40. The average molecular weight is 534 g/mol. The predicted molar refractivity (Wildman–Crippen MR) is 147 cm³/mol. The molecule has 39 heavy (non-hydrogen) atoms. The van der Waals surface area contributed by atoms with Gasteiger partial charge in [0.05, 0.1) is 17.2 Å². The second-order valence-electron chi connectivity index (χ2n) is 11.5. The molecule has 1 fully saturated rings. The molecule has 1 saturated carbocycles. The summed E-state index contributed by atoms with van der Waals surface area (Å²) in [6.07, 6.45) is 0.185. The van der Waals surface area contributed by atoms with Crippen molar-refractivity contribution in [3.8, 4) is 16.9 Å². The summed E-state index contributed by atoms with van der Waals surface area (Å²) in [5, 5.41) is 45.0. The molecule has 9 nitrogen and oxygen atoms in total. The summed E-state index contributed by atoms with van der Waals surface area (Å²) in [5.74, 6) is -3.57. The fourth-order valence-corrected chi connectivity index (χ4v) is 6.76. The van der Waals surface area contributed by atoms with Gasteiger partial charge in [-0.05, 0) is 75.3 Å². The van der Waals surface area contributed by atoms with Gasteiger partial charge in [-0.2, -0.15) is 0 Å². The summed E-state index contributed by atoms with van der Waals surface area (Å²) in [6.45, 7) is 0.793. The maximum absolute atomic E-state index is 13.9. The maximum atomic E-state index is 13.9. The maximum Gasteiger partial charge on any atom is 0.248 e. The number of phenolic OH excluding ortho intramolecular Hbond substituents is 1. The molecule has 6 N–H and O–H groups in total. The molecule has 9 heteroatoms. The highest BCUT2D eigenvalue weighted by molar-refractivity contribution is 6.10. The molecule has 3 aliphatic carbocycles. The Bertz CT molecular complexity index is 1420. The van der Waals surface area contributed by atoms with Gasteiger partial charge < -0.3 is 31.1 Å². The van der Waals surface area contributed by atoms with E-state index in [4.69, 9.17) is 5.73 Å². The zero-order valence-electron chi connectivity index (χ0n) is 22.6. The number of rotatable bonds is 5. The van der Waals surface area contributed by atoms with Crippen LogP contribution in [0, 0.1) is 11.8 Å². The summed E-state index contributed by atoms with van der Waals surface area (Å²) >= 11 is 0. The van der Waals surface area contributed by atoms with E-state index in [9.17, 15) is 30.0 Å². The van der Waals surface area contributed by atoms with Gasteiger partial charge in [-0.15, -0.1) is 0 Å². The Morgan fingerprint density at radius 3 is 2.31 bits per heavy atom. The average Bonchev–Trinajstić information content (AvgIpc) is 2.85. The van der Waals surface area contributed by atoms with Crippen LogP contribution < -0.4 is 5.73 Å². The number of fused-ring (bicyclic) bond motifs is 3. The molecule has 0 bridgehead atoms. The number of carbonyl (C=O) groups excluding carboxylic acids is 2. The zero-order valence-corrected chi connectivity index (χ0v) is 22.6. The minimum Gasteiger partial charge on any atom is -0.510 e. The lowest BCUT2D eigenvalue weighted by Crippen LogP contribution is -2.62. The van der Waals surface area contributed by atoms with E-state index in [1.54, 1.807) is 19.0 Å². The van der Waals surface area contributed by atoms with E-state index in [-0.39, 0.29) is 40.4 Å². The first kappa shape index (κ1) is 26.9. The number of benzene rings is 2. The smallest absolute Gasteiger partial charge is 0.248 e. The van der Waals surface area contributed by atoms with E-state index in [0.29, 0.717) is 6.42 Å². The molecule has 5 rings (SSSR count). The van der Waals surface area contributed by atoms with E-state index in [1.165, 1.54) is 6.07 Å². The summed E-state index contributed by atoms with van der Waals surface area (Å²) < 4.78 is 0. The predicted octanol–water partition coefficient (Wildman–Crippen LogP) is 2.51. The third kappa shape index (κ3) is 4.21. The topological polar surface area (TPSA) is 148 Å². The lowest BCUT2D eigenvalue weighted by Gasteiger charge is -2.51. The Morgan fingerprint density at radius 1 is 1.05 bits per heavy atom. The van der Waals surface area contributed by atoms with Crippen molar-refractivity contribution in [3.05, 3.63) is 70.0 Å². The molecular formula is C30H35N3O6. The number of aromatic hydroxyl groups is 1. The molecule has 0 aliphatic heterocycles. The summed E-state index contributed by atoms with van der Waals surface area (Å²) in [6, 6.07) is 10.6. The summed E-state index contributed by atoms with van der Waals surface area (Å²) in [5.41, 5.74) is 7.10. The number of nitrogens with two attached hydrogens (primary N) is 1. The number of phenols is 1. The van der Waals surface area contributed by atoms with Gasteiger partial charge in [0.2, 0.25) is 5.91 Å². The number of aliphatic hydroxyl groups excluding tert-OH is 2. The zero-order chi connectivity index (χ0) is 28.4. The summed E-state index contributed by atoms with van der Waals surface area (Å²) in [4.78, 5) is 29.8. The molecule has 1 amide bonds. The van der Waals surface area contributed by atoms with Crippen LogP contribution in [0.1, 0.15) is 29.5 Å². The number of carbonyl (C=O) groups is 2. The highest BCUT2D eigenvalue weighted by atomic mass is 16.3. The van der Waals surface area contributed by atoms with Crippen molar-refractivity contribution >= 4 is 17.4 Å². The van der Waals surface area contributed by atoms with Crippen LogP contribution in [0.4, 0.5) is 0 Å². The van der Waals surface area contributed by atoms with Crippen LogP contribution in [-0.4, -0.2) is 81.7 Å². The van der Waals surface area contributed by atoms with Crippen molar-refractivity contribution in [1.82, 2.24) is 9.80 Å². The van der Waals surface area contributed by atoms with Gasteiger partial charge in [-0.25, -0.2) is 0 Å². The van der Waals surface area contributed by atoms with Gasteiger partial charge >= 0.3 is 0 Å². The van der Waals surface area contributed by atoms with E-state index in [0.717, 1.165) is 28.8 Å². The number of ketones is 1. The first-order chi connectivity index (χ1) is 18.3. The molecule has 206 valence electrons. The Kier molecular flexibility index (Phi) is 6.57. The molecule has 2 aromatic rings. The second-order valence-corrected chi connectivity index (χ2v) is 11.5. The first-order valence-electron chi connectivity index (χ1n) is 13.0. The normalized spacial score (nSPS) is 26.5. The van der Waals surface area contributed by atoms with E-state index in [1.807, 2.05) is 44.4 Å². The third-order valence-electron chi connectivity index (χ3n) is 8.47. The van der Waals surface area contributed by atoms with Gasteiger partial charge in [0.25, 0.3) is 0 Å². The molecule has 3 aliphatic rings. The fourth-order valence-electron chi connectivity index (χ4n) is 6.76. The van der Waals surface area contributed by atoms with Crippen molar-refractivity contribution in [2.45, 2.75) is 37.5 Å². The molecule has 4 unspecified atom stereocenters. The minimum absolute atomic E-state index is 0.0396. The number of aliphatic hydroxyl groups is 3. The number of hydrogen-bond acceptors (Lipinski definition) is 8. The fraction of sp³-hybridized carbons (Fsp3) is 0.400. The van der Waals surface area contributed by atoms with Gasteiger partial charge in [0.15, 0.2) is 5.78 Å². The SMILES string of the molecule is CN(C)Cc1ccc(-c2ccc(O)c3c2CC2CC4C(N(C)C)C(O)=C(C(N)=O)CC4(O)C(=O)C2=C3O)cc1. The van der Waals surface area contributed by atoms with Crippen molar-refractivity contribution < 1.29 is 30.0 Å². The number of likely N-dealkylation sites (N-methyl/N-ethyl adjacent to an activating group) is 1. The van der Waals surface area contributed by atoms with Gasteiger partial charge in [0.1, 0.15) is 22.9 Å². The second kappa shape index (κ2) is 9.51. The quantitative estimate of drug-likeness (QED) is 0.394. The molecule has 4 atom stereocenters. The lowest BCUT2D eigenvalue weighted by molar-refractivity contribution is -0.151. The first-order valence-corrected chi connectivity index (χ1v) is 13.0. The van der Waals surface area contributed by atoms with Crippen LogP contribution >= 0.6 is 0 Å². The van der Waals surface area contributed by atoms with Crippen LogP contribution in [-0.2, 0) is 22.6 Å². The molecular weight excluding hydrogens is 498 g/mol. The van der Waals surface area contributed by atoms with Crippen LogP contribution in [0.15, 0.2) is 53.3 Å². The van der Waals surface area contributed by atoms with Crippen LogP contribution in [0.5, 0.6) is 5.75 Å². The van der Waals surface area contributed by atoms with Crippen LogP contribution in [0.3, 0.4) is 0 Å². The third-order valence-corrected chi connectivity index (χ3v) is 8.47. The molecule has 2 aromatic carbocycles. The van der Waals surface area contributed by atoms with Crippen molar-refractivity contribution in [1.29, 1.82) is 0 Å². The van der Waals surface area contributed by atoms with Crippen molar-refractivity contribution in [3.63, 3.8) is 0 Å². The van der Waals surface area contributed by atoms with Gasteiger partial charge in [-0.1, -0.05) is 30.3 Å².